The lowest BCUT2D eigenvalue weighted by molar-refractivity contribution is 0.225. The van der Waals surface area contributed by atoms with Gasteiger partial charge in [0.2, 0.25) is 0 Å². The van der Waals surface area contributed by atoms with Gasteiger partial charge in [-0.25, -0.2) is 0 Å². The molecule has 0 bridgehead atoms. The van der Waals surface area contributed by atoms with Crippen LogP contribution in [0.15, 0.2) is 28.7 Å². The lowest BCUT2D eigenvalue weighted by Gasteiger charge is -2.30. The third-order valence-corrected chi connectivity index (χ3v) is 5.79. The summed E-state index contributed by atoms with van der Waals surface area (Å²) in [7, 11) is 0. The van der Waals surface area contributed by atoms with Crippen LogP contribution in [-0.4, -0.2) is 24.0 Å². The van der Waals surface area contributed by atoms with Crippen molar-refractivity contribution >= 4 is 15.9 Å². The minimum absolute atomic E-state index is 0.432. The van der Waals surface area contributed by atoms with Crippen molar-refractivity contribution in [3.63, 3.8) is 0 Å². The molecule has 0 radical (unpaired) electrons. The van der Waals surface area contributed by atoms with Crippen LogP contribution in [0.1, 0.15) is 44.2 Å². The molecule has 3 heteroatoms. The summed E-state index contributed by atoms with van der Waals surface area (Å²) in [5, 5.41) is 0. The predicted molar refractivity (Wildman–Crippen MR) is 87.6 cm³/mol. The van der Waals surface area contributed by atoms with Crippen LogP contribution in [0.4, 0.5) is 0 Å². The van der Waals surface area contributed by atoms with Gasteiger partial charge in [-0.15, -0.1) is 0 Å². The van der Waals surface area contributed by atoms with Gasteiger partial charge in [-0.1, -0.05) is 41.4 Å². The van der Waals surface area contributed by atoms with E-state index in [1.807, 2.05) is 0 Å². The minimum Gasteiger partial charge on any atom is -0.327 e. The van der Waals surface area contributed by atoms with Crippen LogP contribution in [0.25, 0.3) is 0 Å². The molecule has 20 heavy (non-hydrogen) atoms. The number of benzene rings is 1. The quantitative estimate of drug-likeness (QED) is 0.905. The van der Waals surface area contributed by atoms with Crippen molar-refractivity contribution in [2.75, 3.05) is 13.1 Å². The lowest BCUT2D eigenvalue weighted by atomic mass is 9.78. The molecular weight excluding hydrogens is 312 g/mol. The first-order valence-corrected chi connectivity index (χ1v) is 8.73. The average Bonchev–Trinajstić information content (AvgIpc) is 2.87. The number of halogens is 1. The Hall–Kier alpha value is -0.380. The van der Waals surface area contributed by atoms with E-state index in [0.717, 1.165) is 16.3 Å². The van der Waals surface area contributed by atoms with Crippen LogP contribution >= 0.6 is 15.9 Å². The summed E-state index contributed by atoms with van der Waals surface area (Å²) in [6.45, 7) is 4.74. The molecule has 4 unspecified atom stereocenters. The molecule has 1 aromatic carbocycles. The molecule has 1 aliphatic heterocycles. The molecular formula is C17H25BrN2. The molecule has 2 N–H and O–H groups in total. The number of hydrogen-bond acceptors (Lipinski definition) is 2. The first kappa shape index (κ1) is 14.6. The topological polar surface area (TPSA) is 29.3 Å². The minimum atomic E-state index is 0.432. The summed E-state index contributed by atoms with van der Waals surface area (Å²) in [6, 6.07) is 9.84. The van der Waals surface area contributed by atoms with Gasteiger partial charge in [0.15, 0.2) is 0 Å². The predicted octanol–water partition coefficient (Wildman–Crippen LogP) is 3.96. The summed E-state index contributed by atoms with van der Waals surface area (Å²) in [5.74, 6) is 1.57. The van der Waals surface area contributed by atoms with E-state index in [9.17, 15) is 0 Å². The zero-order chi connectivity index (χ0) is 14.1. The van der Waals surface area contributed by atoms with Crippen molar-refractivity contribution in [2.45, 2.75) is 44.7 Å². The Morgan fingerprint density at radius 2 is 2.00 bits per heavy atom. The second-order valence-electron chi connectivity index (χ2n) is 6.45. The van der Waals surface area contributed by atoms with E-state index in [0.29, 0.717) is 12.1 Å². The van der Waals surface area contributed by atoms with Crippen LogP contribution in [0, 0.1) is 11.8 Å². The van der Waals surface area contributed by atoms with Crippen LogP contribution in [0.5, 0.6) is 0 Å². The summed E-state index contributed by atoms with van der Waals surface area (Å²) in [5.41, 5.74) is 7.80. The Labute approximate surface area is 130 Å². The van der Waals surface area contributed by atoms with Crippen LogP contribution in [-0.2, 0) is 0 Å². The van der Waals surface area contributed by atoms with Gasteiger partial charge in [0.25, 0.3) is 0 Å². The molecule has 1 aliphatic carbocycles. The molecule has 2 nitrogen and oxygen atoms in total. The third-order valence-electron chi connectivity index (χ3n) is 5.26. The fourth-order valence-corrected chi connectivity index (χ4v) is 4.46. The van der Waals surface area contributed by atoms with Gasteiger partial charge in [0.1, 0.15) is 0 Å². The Balaban J connectivity index is 1.75. The van der Waals surface area contributed by atoms with Crippen molar-refractivity contribution in [1.29, 1.82) is 0 Å². The summed E-state index contributed by atoms with van der Waals surface area (Å²) >= 11 is 3.53. The van der Waals surface area contributed by atoms with E-state index < -0.39 is 0 Å². The van der Waals surface area contributed by atoms with Gasteiger partial charge in [0, 0.05) is 29.6 Å². The molecule has 110 valence electrons. The van der Waals surface area contributed by atoms with Gasteiger partial charge < -0.3 is 5.73 Å². The molecule has 2 aliphatic rings. The average molecular weight is 337 g/mol. The summed E-state index contributed by atoms with van der Waals surface area (Å²) in [4.78, 5) is 2.68. The molecule has 3 rings (SSSR count). The normalized spacial score (nSPS) is 32.0. The zero-order valence-electron chi connectivity index (χ0n) is 12.3. The Morgan fingerprint density at radius 3 is 2.65 bits per heavy atom. The van der Waals surface area contributed by atoms with E-state index in [1.54, 1.807) is 0 Å². The Bertz CT molecular complexity index is 445. The summed E-state index contributed by atoms with van der Waals surface area (Å²) < 4.78 is 1.16. The first-order chi connectivity index (χ1) is 9.69. The van der Waals surface area contributed by atoms with Crippen molar-refractivity contribution in [3.05, 3.63) is 34.3 Å². The molecule has 0 amide bonds. The van der Waals surface area contributed by atoms with Crippen molar-refractivity contribution < 1.29 is 0 Å². The molecule has 2 fully saturated rings. The van der Waals surface area contributed by atoms with E-state index in [-0.39, 0.29) is 0 Å². The molecule has 4 atom stereocenters. The Morgan fingerprint density at radius 1 is 1.25 bits per heavy atom. The summed E-state index contributed by atoms with van der Waals surface area (Å²) in [6.07, 6.45) is 5.11. The molecule has 0 spiro atoms. The van der Waals surface area contributed by atoms with Gasteiger partial charge in [-0.05, 0) is 48.8 Å². The van der Waals surface area contributed by atoms with Crippen LogP contribution in [0.3, 0.4) is 0 Å². The van der Waals surface area contributed by atoms with E-state index >= 15 is 0 Å². The number of hydrogen-bond donors (Lipinski definition) is 1. The standard InChI is InChI=1S/C17H25BrN2/c1-2-17(12-6-8-14(18)9-7-12)20-10-13-4-3-5-16(19)15(13)11-20/h6-9,13,15-17H,2-5,10-11,19H2,1H3. The number of nitrogens with zero attached hydrogens (tertiary/aromatic N) is 1. The van der Waals surface area contributed by atoms with Gasteiger partial charge >= 0.3 is 0 Å². The van der Waals surface area contributed by atoms with E-state index in [1.165, 1.54) is 44.3 Å². The van der Waals surface area contributed by atoms with Crippen LogP contribution < -0.4 is 5.73 Å². The highest BCUT2D eigenvalue weighted by molar-refractivity contribution is 9.10. The maximum atomic E-state index is 6.35. The number of rotatable bonds is 3. The molecule has 0 aromatic heterocycles. The highest BCUT2D eigenvalue weighted by atomic mass is 79.9. The second-order valence-corrected chi connectivity index (χ2v) is 7.36. The number of likely N-dealkylation sites (tertiary alicyclic amines) is 1. The van der Waals surface area contributed by atoms with Crippen LogP contribution in [0.2, 0.25) is 0 Å². The smallest absolute Gasteiger partial charge is 0.0345 e. The number of nitrogens with two attached hydrogens (primary N) is 1. The van der Waals surface area contributed by atoms with Crippen molar-refractivity contribution in [1.82, 2.24) is 4.90 Å². The fourth-order valence-electron chi connectivity index (χ4n) is 4.20. The maximum absolute atomic E-state index is 6.35. The van der Waals surface area contributed by atoms with Gasteiger partial charge in [-0.2, -0.15) is 0 Å². The van der Waals surface area contributed by atoms with Gasteiger partial charge in [0.05, 0.1) is 0 Å². The van der Waals surface area contributed by atoms with Crippen molar-refractivity contribution in [3.8, 4) is 0 Å². The molecule has 1 heterocycles. The highest BCUT2D eigenvalue weighted by Gasteiger charge is 2.40. The lowest BCUT2D eigenvalue weighted by Crippen LogP contribution is -2.38. The third kappa shape index (κ3) is 2.81. The largest absolute Gasteiger partial charge is 0.327 e. The molecule has 1 aromatic rings. The second kappa shape index (κ2) is 6.17. The van der Waals surface area contributed by atoms with Gasteiger partial charge in [-0.3, -0.25) is 4.90 Å². The molecule has 1 saturated carbocycles. The maximum Gasteiger partial charge on any atom is 0.0345 e. The zero-order valence-corrected chi connectivity index (χ0v) is 13.8. The van der Waals surface area contributed by atoms with E-state index in [4.69, 9.17) is 5.73 Å². The monoisotopic (exact) mass is 336 g/mol. The SMILES string of the molecule is CCC(c1ccc(Br)cc1)N1CC2CCCC(N)C2C1. The fraction of sp³-hybridized carbons (Fsp3) is 0.647. The highest BCUT2D eigenvalue weighted by Crippen LogP contribution is 2.40. The molecule has 1 saturated heterocycles. The Kier molecular flexibility index (Phi) is 4.49. The van der Waals surface area contributed by atoms with Crippen molar-refractivity contribution in [2.24, 2.45) is 17.6 Å². The number of fused-ring (bicyclic) bond motifs is 1. The first-order valence-electron chi connectivity index (χ1n) is 7.94. The van der Waals surface area contributed by atoms with E-state index in [2.05, 4.69) is 52.0 Å².